The molecule has 180 valence electrons. The van der Waals surface area contributed by atoms with Crippen LogP contribution < -0.4 is 14.4 Å². The zero-order valence-corrected chi connectivity index (χ0v) is 18.8. The number of hydrogen-bond donors (Lipinski definition) is 0. The van der Waals surface area contributed by atoms with Gasteiger partial charge in [-0.05, 0) is 25.0 Å². The average molecular weight is 468 g/mol. The Morgan fingerprint density at radius 3 is 2.39 bits per heavy atom. The molecule has 0 radical (unpaired) electrons. The highest BCUT2D eigenvalue weighted by Crippen LogP contribution is 2.34. The lowest BCUT2D eigenvalue weighted by Gasteiger charge is -2.21. The summed E-state index contributed by atoms with van der Waals surface area (Å²) in [6.45, 7) is 4.75. The minimum Gasteiger partial charge on any atom is -0.425 e. The van der Waals surface area contributed by atoms with E-state index in [9.17, 15) is 22.8 Å². The molecule has 0 atom stereocenters. The number of rotatable bonds is 9. The molecule has 0 spiro atoms. The van der Waals surface area contributed by atoms with E-state index in [0.29, 0.717) is 19.5 Å². The summed E-state index contributed by atoms with van der Waals surface area (Å²) in [5.41, 5.74) is 0.227. The number of alkyl halides is 3. The molecule has 2 amide bonds. The summed E-state index contributed by atoms with van der Waals surface area (Å²) >= 11 is 0. The van der Waals surface area contributed by atoms with Crippen LogP contribution in [0.1, 0.15) is 50.0 Å². The zero-order chi connectivity index (χ0) is 24.2. The number of unbranched alkanes of at least 4 members (excludes halogenated alkanes) is 2. The fourth-order valence-electron chi connectivity index (χ4n) is 3.45. The molecule has 1 aromatic heterocycles. The quantitative estimate of drug-likeness (QED) is 0.538. The van der Waals surface area contributed by atoms with Gasteiger partial charge in [-0.15, -0.1) is 13.2 Å². The maximum Gasteiger partial charge on any atom is 0.573 e. The molecule has 0 unspecified atom stereocenters. The lowest BCUT2D eigenvalue weighted by atomic mass is 10.2. The number of hydrogen-bond acceptors (Lipinski definition) is 5. The predicted molar refractivity (Wildman–Crippen MR) is 115 cm³/mol. The maximum absolute atomic E-state index is 13.4. The van der Waals surface area contributed by atoms with Crippen LogP contribution in [0.4, 0.5) is 19.0 Å². The molecule has 2 heterocycles. The second-order valence-electron chi connectivity index (χ2n) is 7.73. The van der Waals surface area contributed by atoms with Gasteiger partial charge in [-0.3, -0.25) is 19.1 Å². The molecule has 11 heteroatoms. The van der Waals surface area contributed by atoms with E-state index in [1.807, 2.05) is 13.8 Å². The van der Waals surface area contributed by atoms with Crippen molar-refractivity contribution in [1.82, 2.24) is 14.5 Å². The summed E-state index contributed by atoms with van der Waals surface area (Å²) in [4.78, 5) is 33.3. The van der Waals surface area contributed by atoms with E-state index in [2.05, 4.69) is 9.72 Å². The van der Waals surface area contributed by atoms with Gasteiger partial charge in [-0.2, -0.15) is 4.98 Å². The lowest BCUT2D eigenvalue weighted by Crippen LogP contribution is -2.39. The number of amides is 2. The van der Waals surface area contributed by atoms with Crippen LogP contribution in [0.5, 0.6) is 17.5 Å². The van der Waals surface area contributed by atoms with Crippen LogP contribution in [0.2, 0.25) is 0 Å². The fourth-order valence-corrected chi connectivity index (χ4v) is 3.45. The molecule has 0 N–H and O–H groups in total. The summed E-state index contributed by atoms with van der Waals surface area (Å²) in [5.74, 6) is -0.840. The summed E-state index contributed by atoms with van der Waals surface area (Å²) < 4.78 is 49.1. The van der Waals surface area contributed by atoms with E-state index in [4.69, 9.17) is 4.74 Å². The third kappa shape index (κ3) is 5.77. The van der Waals surface area contributed by atoms with Gasteiger partial charge in [0.05, 0.1) is 0 Å². The Labute approximate surface area is 189 Å². The first-order valence-corrected chi connectivity index (χ1v) is 10.8. The molecule has 1 aliphatic rings. The van der Waals surface area contributed by atoms with Gasteiger partial charge in [0, 0.05) is 26.2 Å². The van der Waals surface area contributed by atoms with Crippen molar-refractivity contribution >= 4 is 17.6 Å². The number of imidazole rings is 1. The highest BCUT2D eigenvalue weighted by molar-refractivity contribution is 6.07. The van der Waals surface area contributed by atoms with Gasteiger partial charge in [0.25, 0.3) is 5.91 Å². The van der Waals surface area contributed by atoms with Crippen molar-refractivity contribution in [3.8, 4) is 17.5 Å². The molecular formula is C22H27F3N4O4. The Hall–Kier alpha value is -3.24. The molecule has 33 heavy (non-hydrogen) atoms. The van der Waals surface area contributed by atoms with E-state index < -0.39 is 12.1 Å². The van der Waals surface area contributed by atoms with E-state index in [1.54, 1.807) is 4.57 Å². The van der Waals surface area contributed by atoms with Gasteiger partial charge in [0.1, 0.15) is 18.0 Å². The normalized spacial score (nSPS) is 14.4. The Morgan fingerprint density at radius 1 is 1.06 bits per heavy atom. The van der Waals surface area contributed by atoms with Crippen LogP contribution >= 0.6 is 0 Å². The van der Waals surface area contributed by atoms with Gasteiger partial charge in [-0.1, -0.05) is 32.8 Å². The van der Waals surface area contributed by atoms with Crippen LogP contribution in [0.3, 0.4) is 0 Å². The Kier molecular flexibility index (Phi) is 7.50. The molecule has 0 saturated heterocycles. The van der Waals surface area contributed by atoms with Crippen LogP contribution in [0.25, 0.3) is 0 Å². The van der Waals surface area contributed by atoms with Crippen molar-refractivity contribution in [2.24, 2.45) is 0 Å². The largest absolute Gasteiger partial charge is 0.573 e. The second kappa shape index (κ2) is 10.1. The number of carbonyl (C=O) groups excluding carboxylic acids is 2. The Morgan fingerprint density at radius 2 is 1.73 bits per heavy atom. The van der Waals surface area contributed by atoms with Gasteiger partial charge < -0.3 is 14.4 Å². The van der Waals surface area contributed by atoms with Gasteiger partial charge >= 0.3 is 12.4 Å². The number of likely N-dealkylation sites (N-methyl/N-ethyl adjacent to an activating group) is 1. The molecular weight excluding hydrogens is 441 g/mol. The molecule has 8 nitrogen and oxygen atoms in total. The summed E-state index contributed by atoms with van der Waals surface area (Å²) in [6, 6.07) is 5.07. The van der Waals surface area contributed by atoms with Crippen molar-refractivity contribution < 1.29 is 32.2 Å². The zero-order valence-electron chi connectivity index (χ0n) is 18.8. The topological polar surface area (TPSA) is 76.9 Å². The van der Waals surface area contributed by atoms with E-state index >= 15 is 0 Å². The molecule has 1 aliphatic heterocycles. The summed E-state index contributed by atoms with van der Waals surface area (Å²) in [5, 5.41) is 0. The van der Waals surface area contributed by atoms with Crippen molar-refractivity contribution in [2.45, 2.75) is 52.4 Å². The third-order valence-electron chi connectivity index (χ3n) is 5.19. The Balaban J connectivity index is 2.02. The minimum atomic E-state index is -4.84. The second-order valence-corrected chi connectivity index (χ2v) is 7.73. The molecule has 0 fully saturated rings. The fraction of sp³-hybridized carbons (Fsp3) is 0.500. The number of nitrogens with zero attached hydrogens (tertiary/aromatic N) is 4. The monoisotopic (exact) mass is 468 g/mol. The molecule has 1 aromatic carbocycles. The highest BCUT2D eigenvalue weighted by atomic mass is 19.4. The van der Waals surface area contributed by atoms with E-state index in [1.165, 1.54) is 29.0 Å². The number of fused-ring (bicyclic) bond motifs is 1. The first-order chi connectivity index (χ1) is 15.6. The number of benzene rings is 1. The molecule has 0 bridgehead atoms. The van der Waals surface area contributed by atoms with Gasteiger partial charge in [0.15, 0.2) is 11.5 Å². The van der Waals surface area contributed by atoms with Gasteiger partial charge in [0.2, 0.25) is 5.91 Å². The third-order valence-corrected chi connectivity index (χ3v) is 5.19. The van der Waals surface area contributed by atoms with Crippen molar-refractivity contribution in [3.63, 3.8) is 0 Å². The number of carbonyl (C=O) groups is 2. The smallest absolute Gasteiger partial charge is 0.425 e. The average Bonchev–Trinajstić information content (AvgIpc) is 3.06. The van der Waals surface area contributed by atoms with E-state index in [-0.39, 0.29) is 41.6 Å². The first kappa shape index (κ1) is 24.4. The SMILES string of the molecule is CCCCN1CC(=O)N(C)c2nc(Oc3cccc(OC(F)(F)F)c3)n(CCCC)c2C1=O. The molecule has 0 aliphatic carbocycles. The molecule has 2 aromatic rings. The van der Waals surface area contributed by atoms with E-state index in [0.717, 1.165) is 31.4 Å². The van der Waals surface area contributed by atoms with Crippen molar-refractivity contribution in [1.29, 1.82) is 0 Å². The standard InChI is InChI=1S/C22H27F3N4O4/c1-4-6-11-28-14-17(30)27(3)19-18(20(28)31)29(12-7-5-2)21(26-19)32-15-9-8-10-16(13-15)33-22(23,24)25/h8-10,13H,4-7,11-12,14H2,1-3H3. The number of anilines is 1. The van der Waals surface area contributed by atoms with Crippen LogP contribution in [-0.4, -0.2) is 52.8 Å². The number of ether oxygens (including phenoxy) is 2. The number of aromatic nitrogens is 2. The molecule has 3 rings (SSSR count). The Bertz CT molecular complexity index is 1010. The number of halogens is 3. The first-order valence-electron chi connectivity index (χ1n) is 10.8. The van der Waals surface area contributed by atoms with Gasteiger partial charge in [-0.25, -0.2) is 0 Å². The summed E-state index contributed by atoms with van der Waals surface area (Å²) in [6.07, 6.45) is -1.70. The summed E-state index contributed by atoms with van der Waals surface area (Å²) in [7, 11) is 1.54. The van der Waals surface area contributed by atoms with Crippen molar-refractivity contribution in [3.05, 3.63) is 30.0 Å². The van der Waals surface area contributed by atoms with Crippen LogP contribution in [0.15, 0.2) is 24.3 Å². The van der Waals surface area contributed by atoms with Crippen LogP contribution in [-0.2, 0) is 11.3 Å². The van der Waals surface area contributed by atoms with Crippen molar-refractivity contribution in [2.75, 3.05) is 25.0 Å². The van der Waals surface area contributed by atoms with Crippen LogP contribution in [0, 0.1) is 0 Å². The highest BCUT2D eigenvalue weighted by Gasteiger charge is 2.36. The lowest BCUT2D eigenvalue weighted by molar-refractivity contribution is -0.274. The molecule has 0 saturated carbocycles. The predicted octanol–water partition coefficient (Wildman–Crippen LogP) is 4.59. The minimum absolute atomic E-state index is 0.0166. The maximum atomic E-state index is 13.4.